The van der Waals surface area contributed by atoms with E-state index in [-0.39, 0.29) is 0 Å². The van der Waals surface area contributed by atoms with Gasteiger partial charge in [0.15, 0.2) is 5.65 Å². The summed E-state index contributed by atoms with van der Waals surface area (Å²) in [5.41, 5.74) is 1.30. The Hall–Kier alpha value is -1.71. The molecule has 2 aromatic rings. The van der Waals surface area contributed by atoms with Crippen molar-refractivity contribution in [3.63, 3.8) is 0 Å². The molecule has 4 nitrogen and oxygen atoms in total. The van der Waals surface area contributed by atoms with Crippen LogP contribution in [0.2, 0.25) is 0 Å². The highest BCUT2D eigenvalue weighted by atomic mass is 15.3. The van der Waals surface area contributed by atoms with E-state index in [1.807, 2.05) is 6.07 Å². The van der Waals surface area contributed by atoms with E-state index in [2.05, 4.69) is 39.8 Å². The van der Waals surface area contributed by atoms with Crippen LogP contribution < -0.4 is 4.90 Å². The van der Waals surface area contributed by atoms with Crippen molar-refractivity contribution in [2.24, 2.45) is 5.41 Å². The second kappa shape index (κ2) is 5.35. The lowest BCUT2D eigenvalue weighted by Crippen LogP contribution is -2.56. The second-order valence-electron chi connectivity index (χ2n) is 5.93. The first-order chi connectivity index (χ1) is 9.78. The molecule has 0 aromatic carbocycles. The molecule has 0 unspecified atom stereocenters. The van der Waals surface area contributed by atoms with Gasteiger partial charge in [-0.3, -0.25) is 0 Å². The molecular weight excluding hydrogens is 248 g/mol. The minimum absolute atomic E-state index is 0.503. The van der Waals surface area contributed by atoms with Crippen molar-refractivity contribution in [2.45, 2.75) is 39.5 Å². The molecule has 1 aliphatic heterocycles. The van der Waals surface area contributed by atoms with E-state index >= 15 is 0 Å². The van der Waals surface area contributed by atoms with Gasteiger partial charge in [0.2, 0.25) is 0 Å². The average molecular weight is 270 g/mol. The molecule has 0 saturated carbocycles. The molecular formula is C16H22N4. The predicted molar refractivity (Wildman–Crippen MR) is 81.8 cm³/mol. The summed E-state index contributed by atoms with van der Waals surface area (Å²) in [5.74, 6) is 1.05. The third-order valence-electron chi connectivity index (χ3n) is 4.30. The number of fused-ring (bicyclic) bond motifs is 1. The van der Waals surface area contributed by atoms with E-state index in [9.17, 15) is 0 Å². The lowest BCUT2D eigenvalue weighted by atomic mass is 9.72. The zero-order valence-electron chi connectivity index (χ0n) is 12.3. The van der Waals surface area contributed by atoms with Gasteiger partial charge in [-0.2, -0.15) is 0 Å². The van der Waals surface area contributed by atoms with Crippen LogP contribution in [0, 0.1) is 5.41 Å². The molecule has 4 heteroatoms. The van der Waals surface area contributed by atoms with Crippen LogP contribution in [0.25, 0.3) is 11.0 Å². The summed E-state index contributed by atoms with van der Waals surface area (Å²) >= 11 is 0. The Kier molecular flexibility index (Phi) is 3.55. The average Bonchev–Trinajstić information content (AvgIpc) is 2.44. The summed E-state index contributed by atoms with van der Waals surface area (Å²) in [7, 11) is 0. The monoisotopic (exact) mass is 270 g/mol. The fourth-order valence-electron chi connectivity index (χ4n) is 3.55. The first kappa shape index (κ1) is 13.3. The summed E-state index contributed by atoms with van der Waals surface area (Å²) in [5, 5.41) is 1.07. The normalized spacial score (nSPS) is 17.2. The van der Waals surface area contributed by atoms with Gasteiger partial charge in [-0.15, -0.1) is 0 Å². The van der Waals surface area contributed by atoms with Crippen LogP contribution in [-0.4, -0.2) is 28.0 Å². The Morgan fingerprint density at radius 2 is 1.85 bits per heavy atom. The van der Waals surface area contributed by atoms with Gasteiger partial charge in [0.1, 0.15) is 12.1 Å². The largest absolute Gasteiger partial charge is 0.355 e. The molecule has 1 fully saturated rings. The maximum atomic E-state index is 4.49. The molecule has 20 heavy (non-hydrogen) atoms. The summed E-state index contributed by atoms with van der Waals surface area (Å²) in [6.45, 7) is 6.81. The van der Waals surface area contributed by atoms with Crippen molar-refractivity contribution < 1.29 is 0 Å². The van der Waals surface area contributed by atoms with Crippen LogP contribution in [0.1, 0.15) is 39.5 Å². The van der Waals surface area contributed by atoms with Gasteiger partial charge < -0.3 is 4.90 Å². The van der Waals surface area contributed by atoms with Crippen LogP contribution in [-0.2, 0) is 0 Å². The Bertz CT molecular complexity index is 577. The third kappa shape index (κ3) is 2.23. The van der Waals surface area contributed by atoms with Gasteiger partial charge in [-0.25, -0.2) is 15.0 Å². The zero-order chi connectivity index (χ0) is 14.0. The number of anilines is 1. The van der Waals surface area contributed by atoms with Crippen LogP contribution in [0.5, 0.6) is 0 Å². The van der Waals surface area contributed by atoms with Crippen LogP contribution in [0.3, 0.4) is 0 Å². The van der Waals surface area contributed by atoms with Crippen molar-refractivity contribution in [2.75, 3.05) is 18.0 Å². The molecule has 0 radical (unpaired) electrons. The van der Waals surface area contributed by atoms with Crippen LogP contribution >= 0.6 is 0 Å². The SMILES string of the molecule is CCCC1(CCC)CN(c2ncnc3ncccc23)C1. The zero-order valence-corrected chi connectivity index (χ0v) is 12.3. The molecule has 0 N–H and O–H groups in total. The molecule has 0 atom stereocenters. The summed E-state index contributed by atoms with van der Waals surface area (Å²) < 4.78 is 0. The lowest BCUT2D eigenvalue weighted by Gasteiger charge is -2.51. The third-order valence-corrected chi connectivity index (χ3v) is 4.30. The first-order valence-electron chi connectivity index (χ1n) is 7.59. The number of aromatic nitrogens is 3. The molecule has 0 bridgehead atoms. The van der Waals surface area contributed by atoms with Crippen molar-refractivity contribution in [3.05, 3.63) is 24.7 Å². The summed E-state index contributed by atoms with van der Waals surface area (Å²) in [6.07, 6.45) is 8.58. The first-order valence-corrected chi connectivity index (χ1v) is 7.59. The Labute approximate surface area is 120 Å². The number of pyridine rings is 1. The molecule has 3 heterocycles. The number of hydrogen-bond acceptors (Lipinski definition) is 4. The van der Waals surface area contributed by atoms with Crippen LogP contribution in [0.15, 0.2) is 24.7 Å². The lowest BCUT2D eigenvalue weighted by molar-refractivity contribution is 0.172. The fraction of sp³-hybridized carbons (Fsp3) is 0.562. The highest BCUT2D eigenvalue weighted by Crippen LogP contribution is 2.42. The van der Waals surface area contributed by atoms with E-state index < -0.39 is 0 Å². The molecule has 1 aliphatic rings. The molecule has 3 rings (SSSR count). The Morgan fingerprint density at radius 3 is 2.55 bits per heavy atom. The van der Waals surface area contributed by atoms with E-state index in [0.717, 1.165) is 29.9 Å². The molecule has 1 saturated heterocycles. The highest BCUT2D eigenvalue weighted by molar-refractivity contribution is 5.86. The highest BCUT2D eigenvalue weighted by Gasteiger charge is 2.42. The smallest absolute Gasteiger partial charge is 0.164 e. The maximum absolute atomic E-state index is 4.49. The van der Waals surface area contributed by atoms with Gasteiger partial charge in [0, 0.05) is 24.7 Å². The predicted octanol–water partition coefficient (Wildman–Crippen LogP) is 3.43. The van der Waals surface area contributed by atoms with Gasteiger partial charge in [0.05, 0.1) is 5.39 Å². The standard InChI is InChI=1S/C16H22N4/c1-3-7-16(8-4-2)10-20(11-16)15-13-6-5-9-17-14(13)18-12-19-15/h5-6,9,12H,3-4,7-8,10-11H2,1-2H3. The van der Waals surface area contributed by atoms with Crippen molar-refractivity contribution in [3.8, 4) is 0 Å². The van der Waals surface area contributed by atoms with Gasteiger partial charge in [-0.1, -0.05) is 26.7 Å². The van der Waals surface area contributed by atoms with Crippen molar-refractivity contribution in [1.29, 1.82) is 0 Å². The van der Waals surface area contributed by atoms with E-state index in [1.54, 1.807) is 12.5 Å². The quantitative estimate of drug-likeness (QED) is 0.834. The molecule has 106 valence electrons. The molecule has 0 amide bonds. The van der Waals surface area contributed by atoms with Crippen LogP contribution in [0.4, 0.5) is 5.82 Å². The van der Waals surface area contributed by atoms with E-state index in [0.29, 0.717) is 5.41 Å². The number of nitrogens with zero attached hydrogens (tertiary/aromatic N) is 4. The topological polar surface area (TPSA) is 41.9 Å². The van der Waals surface area contributed by atoms with Gasteiger partial charge in [-0.05, 0) is 25.0 Å². The van der Waals surface area contributed by atoms with Crippen molar-refractivity contribution in [1.82, 2.24) is 15.0 Å². The number of rotatable bonds is 5. The van der Waals surface area contributed by atoms with Gasteiger partial charge in [0.25, 0.3) is 0 Å². The summed E-state index contributed by atoms with van der Waals surface area (Å²) in [6, 6.07) is 4.03. The minimum atomic E-state index is 0.503. The summed E-state index contributed by atoms with van der Waals surface area (Å²) in [4.78, 5) is 15.4. The van der Waals surface area contributed by atoms with E-state index in [1.165, 1.54) is 25.7 Å². The molecule has 0 spiro atoms. The maximum Gasteiger partial charge on any atom is 0.164 e. The van der Waals surface area contributed by atoms with E-state index in [4.69, 9.17) is 0 Å². The molecule has 2 aromatic heterocycles. The Balaban J connectivity index is 1.84. The second-order valence-corrected chi connectivity index (χ2v) is 5.93. The Morgan fingerprint density at radius 1 is 1.10 bits per heavy atom. The molecule has 0 aliphatic carbocycles. The van der Waals surface area contributed by atoms with Gasteiger partial charge >= 0.3 is 0 Å². The minimum Gasteiger partial charge on any atom is -0.355 e. The number of hydrogen-bond donors (Lipinski definition) is 0. The fourth-order valence-corrected chi connectivity index (χ4v) is 3.55. The van der Waals surface area contributed by atoms with Crippen molar-refractivity contribution >= 4 is 16.9 Å².